The number of ether oxygens (including phenoxy) is 2. The van der Waals surface area contributed by atoms with E-state index in [1.54, 1.807) is 6.08 Å². The highest BCUT2D eigenvalue weighted by Gasteiger charge is 2.26. The molecule has 1 aliphatic heterocycles. The van der Waals surface area contributed by atoms with Crippen LogP contribution in [0.4, 0.5) is 0 Å². The van der Waals surface area contributed by atoms with Crippen molar-refractivity contribution in [2.75, 3.05) is 0 Å². The topological polar surface area (TPSA) is 52.6 Å². The van der Waals surface area contributed by atoms with Gasteiger partial charge in [0, 0.05) is 13.0 Å². The van der Waals surface area contributed by atoms with Gasteiger partial charge < -0.3 is 9.47 Å². The summed E-state index contributed by atoms with van der Waals surface area (Å²) in [7, 11) is 0. The van der Waals surface area contributed by atoms with Crippen LogP contribution in [0.1, 0.15) is 20.3 Å². The molecule has 1 aliphatic rings. The van der Waals surface area contributed by atoms with Gasteiger partial charge in [-0.15, -0.1) is 0 Å². The van der Waals surface area contributed by atoms with Crippen molar-refractivity contribution in [1.82, 2.24) is 0 Å². The molecule has 0 aromatic rings. The number of cyclic esters (lactones) is 1. The number of hydrogen-bond donors (Lipinski definition) is 0. The third kappa shape index (κ3) is 3.58. The van der Waals surface area contributed by atoms with Crippen LogP contribution < -0.4 is 0 Å². The fraction of sp³-hybridized carbons (Fsp3) is 0.455. The van der Waals surface area contributed by atoms with Gasteiger partial charge in [0.15, 0.2) is 12.2 Å². The summed E-state index contributed by atoms with van der Waals surface area (Å²) in [4.78, 5) is 21.8. The molecule has 0 saturated heterocycles. The minimum absolute atomic E-state index is 0.391. The number of carbonyl (C=O) groups excluding carboxylic acids is 2. The molecule has 4 nitrogen and oxygen atoms in total. The summed E-state index contributed by atoms with van der Waals surface area (Å²) in [6.07, 6.45) is 6.23. The van der Waals surface area contributed by atoms with Crippen molar-refractivity contribution >= 4 is 11.9 Å². The fourth-order valence-corrected chi connectivity index (χ4v) is 1.24. The second kappa shape index (κ2) is 5.34. The number of carbonyl (C=O) groups is 2. The van der Waals surface area contributed by atoms with Gasteiger partial charge in [-0.1, -0.05) is 13.0 Å². The Morgan fingerprint density at radius 1 is 1.67 bits per heavy atom. The van der Waals surface area contributed by atoms with Crippen LogP contribution in [0.3, 0.4) is 0 Å². The molecule has 1 rings (SSSR count). The van der Waals surface area contributed by atoms with Crippen LogP contribution in [0, 0.1) is 0 Å². The van der Waals surface area contributed by atoms with Gasteiger partial charge in [0.05, 0.1) is 0 Å². The molecule has 0 N–H and O–H groups in total. The van der Waals surface area contributed by atoms with E-state index >= 15 is 0 Å². The Kier molecular flexibility index (Phi) is 4.09. The van der Waals surface area contributed by atoms with Gasteiger partial charge >= 0.3 is 11.9 Å². The van der Waals surface area contributed by atoms with Gasteiger partial charge in [0.1, 0.15) is 0 Å². The Morgan fingerprint density at radius 3 is 3.00 bits per heavy atom. The van der Waals surface area contributed by atoms with Crippen LogP contribution in [0.2, 0.25) is 0 Å². The zero-order chi connectivity index (χ0) is 11.3. The molecule has 0 amide bonds. The van der Waals surface area contributed by atoms with E-state index in [2.05, 4.69) is 0 Å². The molecule has 0 unspecified atom stereocenters. The van der Waals surface area contributed by atoms with Crippen molar-refractivity contribution in [1.29, 1.82) is 0 Å². The van der Waals surface area contributed by atoms with Crippen molar-refractivity contribution in [3.8, 4) is 0 Å². The molecule has 2 atom stereocenters. The first-order chi connectivity index (χ1) is 7.13. The van der Waals surface area contributed by atoms with Crippen molar-refractivity contribution in [2.24, 2.45) is 0 Å². The molecule has 82 valence electrons. The molecule has 1 heterocycles. The van der Waals surface area contributed by atoms with E-state index in [1.807, 2.05) is 13.0 Å². The lowest BCUT2D eigenvalue weighted by molar-refractivity contribution is -0.158. The molecule has 0 fully saturated rings. The Labute approximate surface area is 88.6 Å². The molecular weight excluding hydrogens is 196 g/mol. The summed E-state index contributed by atoms with van der Waals surface area (Å²) < 4.78 is 10.0. The molecular formula is C11H14O4. The summed E-state index contributed by atoms with van der Waals surface area (Å²) in [5.41, 5.74) is 0. The highest BCUT2D eigenvalue weighted by Crippen LogP contribution is 2.14. The van der Waals surface area contributed by atoms with Crippen LogP contribution >= 0.6 is 0 Å². The van der Waals surface area contributed by atoms with E-state index in [-0.39, 0.29) is 0 Å². The van der Waals surface area contributed by atoms with E-state index in [0.717, 1.165) is 6.42 Å². The van der Waals surface area contributed by atoms with Gasteiger partial charge in [0.25, 0.3) is 0 Å². The maximum absolute atomic E-state index is 11.0. The zero-order valence-electron chi connectivity index (χ0n) is 8.80. The Morgan fingerprint density at radius 2 is 2.40 bits per heavy atom. The molecule has 0 aromatic heterocycles. The van der Waals surface area contributed by atoms with Gasteiger partial charge in [-0.2, -0.15) is 0 Å². The third-order valence-electron chi connectivity index (χ3n) is 1.86. The molecule has 0 radical (unpaired) electrons. The quantitative estimate of drug-likeness (QED) is 0.521. The van der Waals surface area contributed by atoms with Gasteiger partial charge in [-0.25, -0.2) is 4.79 Å². The lowest BCUT2D eigenvalue weighted by Crippen LogP contribution is -2.34. The van der Waals surface area contributed by atoms with E-state index in [1.165, 1.54) is 19.1 Å². The average Bonchev–Trinajstić information content (AvgIpc) is 2.18. The minimum atomic E-state index is -0.511. The fourth-order valence-electron chi connectivity index (χ4n) is 1.24. The molecule has 15 heavy (non-hydrogen) atoms. The van der Waals surface area contributed by atoms with Gasteiger partial charge in [0.2, 0.25) is 0 Å². The van der Waals surface area contributed by atoms with Crippen molar-refractivity contribution in [3.05, 3.63) is 24.3 Å². The minimum Gasteiger partial charge on any atom is -0.454 e. The number of allylic oxidation sites excluding steroid dienone is 1. The highest BCUT2D eigenvalue weighted by molar-refractivity contribution is 5.83. The summed E-state index contributed by atoms with van der Waals surface area (Å²) in [6.45, 7) is 3.29. The largest absolute Gasteiger partial charge is 0.454 e. The van der Waals surface area contributed by atoms with E-state index in [0.29, 0.717) is 0 Å². The summed E-state index contributed by atoms with van der Waals surface area (Å²) >= 11 is 0. The SMILES string of the molecule is CC/C=C/[C@H]1OC(=O)C=C[C@H]1OC(C)=O. The molecule has 0 spiro atoms. The summed E-state index contributed by atoms with van der Waals surface area (Å²) in [5, 5.41) is 0. The first-order valence-electron chi connectivity index (χ1n) is 4.86. The smallest absolute Gasteiger partial charge is 0.331 e. The summed E-state index contributed by atoms with van der Waals surface area (Å²) in [5.74, 6) is -0.804. The maximum Gasteiger partial charge on any atom is 0.331 e. The normalized spacial score (nSPS) is 25.3. The monoisotopic (exact) mass is 210 g/mol. The van der Waals surface area contributed by atoms with Crippen molar-refractivity contribution < 1.29 is 19.1 Å². The average molecular weight is 210 g/mol. The number of hydrogen-bond acceptors (Lipinski definition) is 4. The predicted molar refractivity (Wildman–Crippen MR) is 54.0 cm³/mol. The van der Waals surface area contributed by atoms with Crippen LogP contribution in [0.15, 0.2) is 24.3 Å². The molecule has 0 bridgehead atoms. The lowest BCUT2D eigenvalue weighted by atomic mass is 10.1. The van der Waals surface area contributed by atoms with Crippen molar-refractivity contribution in [3.63, 3.8) is 0 Å². The number of esters is 2. The second-order valence-electron chi connectivity index (χ2n) is 3.17. The first kappa shape index (κ1) is 11.5. The van der Waals surface area contributed by atoms with Gasteiger partial charge in [-0.05, 0) is 18.6 Å². The van der Waals surface area contributed by atoms with Crippen LogP contribution in [-0.2, 0) is 19.1 Å². The standard InChI is InChI=1S/C11H14O4/c1-3-4-5-9-10(14-8(2)12)6-7-11(13)15-9/h4-7,9-10H,3H2,1-2H3/b5-4+/t9-,10-/m1/s1. The zero-order valence-corrected chi connectivity index (χ0v) is 8.80. The highest BCUT2D eigenvalue weighted by atomic mass is 16.6. The van der Waals surface area contributed by atoms with E-state index < -0.39 is 24.1 Å². The molecule has 0 aliphatic carbocycles. The third-order valence-corrected chi connectivity index (χ3v) is 1.86. The van der Waals surface area contributed by atoms with E-state index in [4.69, 9.17) is 9.47 Å². The summed E-state index contributed by atoms with van der Waals surface area (Å²) in [6, 6.07) is 0. The van der Waals surface area contributed by atoms with Crippen molar-refractivity contribution in [2.45, 2.75) is 32.5 Å². The van der Waals surface area contributed by atoms with E-state index in [9.17, 15) is 9.59 Å². The van der Waals surface area contributed by atoms with Crippen LogP contribution in [0.5, 0.6) is 0 Å². The lowest BCUT2D eigenvalue weighted by Gasteiger charge is -2.24. The Balaban J connectivity index is 2.71. The van der Waals surface area contributed by atoms with Crippen LogP contribution in [0.25, 0.3) is 0 Å². The predicted octanol–water partition coefficient (Wildman–Crippen LogP) is 1.37. The number of rotatable bonds is 3. The molecule has 4 heteroatoms. The second-order valence-corrected chi connectivity index (χ2v) is 3.17. The molecule has 0 saturated carbocycles. The first-order valence-corrected chi connectivity index (χ1v) is 4.86. The Bertz CT molecular complexity index is 304. The molecule has 0 aromatic carbocycles. The van der Waals surface area contributed by atoms with Gasteiger partial charge in [-0.3, -0.25) is 4.79 Å². The maximum atomic E-state index is 11.0. The van der Waals surface area contributed by atoms with Crippen LogP contribution in [-0.4, -0.2) is 24.1 Å². The Hall–Kier alpha value is -1.58.